The topological polar surface area (TPSA) is 37.3 Å². The van der Waals surface area contributed by atoms with E-state index in [0.717, 1.165) is 5.92 Å². The minimum Gasteiger partial charge on any atom is -0.478 e. The van der Waals surface area contributed by atoms with Gasteiger partial charge in [-0.1, -0.05) is 37.5 Å². The molecule has 2 saturated carbocycles. The Morgan fingerprint density at radius 1 is 1.08 bits per heavy atom. The largest absolute Gasteiger partial charge is 0.478 e. The zero-order chi connectivity index (χ0) is 17.0. The molecule has 2 nitrogen and oxygen atoms in total. The monoisotopic (exact) mass is 326 g/mol. The number of aromatic carboxylic acids is 1. The molecule has 0 unspecified atom stereocenters. The average molecular weight is 326 g/mol. The molecule has 0 amide bonds. The first kappa shape index (κ1) is 17.3. The first-order chi connectivity index (χ1) is 11.6. The number of hydrogen-bond acceptors (Lipinski definition) is 1. The van der Waals surface area contributed by atoms with Crippen LogP contribution in [0.2, 0.25) is 0 Å². The van der Waals surface area contributed by atoms with Crippen molar-refractivity contribution in [3.8, 4) is 0 Å². The highest BCUT2D eigenvalue weighted by molar-refractivity contribution is 5.87. The molecule has 0 aromatic heterocycles. The minimum absolute atomic E-state index is 0.388. The maximum atomic E-state index is 11.0. The molecule has 0 spiro atoms. The first-order valence-corrected chi connectivity index (χ1v) is 9.59. The van der Waals surface area contributed by atoms with Gasteiger partial charge in [-0.05, 0) is 79.9 Å². The highest BCUT2D eigenvalue weighted by Gasteiger charge is 2.40. The van der Waals surface area contributed by atoms with Crippen molar-refractivity contribution in [2.24, 2.45) is 11.3 Å². The van der Waals surface area contributed by atoms with E-state index in [9.17, 15) is 4.79 Å². The Balaban J connectivity index is 1.64. The van der Waals surface area contributed by atoms with Crippen LogP contribution in [0.25, 0.3) is 0 Å². The second-order valence-corrected chi connectivity index (χ2v) is 7.89. The normalized spacial score (nSPS) is 26.7. The molecule has 0 bridgehead atoms. The lowest BCUT2D eigenvalue weighted by Crippen LogP contribution is -2.35. The molecule has 0 saturated heterocycles. The first-order valence-electron chi connectivity index (χ1n) is 9.59. The van der Waals surface area contributed by atoms with Gasteiger partial charge in [0.2, 0.25) is 0 Å². The lowest BCUT2D eigenvalue weighted by atomic mass is 9.59. The Kier molecular flexibility index (Phi) is 5.43. The summed E-state index contributed by atoms with van der Waals surface area (Å²) >= 11 is 0. The number of allylic oxidation sites excluding steroid dienone is 1. The van der Waals surface area contributed by atoms with Gasteiger partial charge in [0.1, 0.15) is 0 Å². The molecule has 2 aliphatic carbocycles. The quantitative estimate of drug-likeness (QED) is 0.655. The number of benzene rings is 1. The molecule has 1 aromatic rings. The van der Waals surface area contributed by atoms with Gasteiger partial charge in [-0.2, -0.15) is 0 Å². The molecule has 0 aliphatic heterocycles. The van der Waals surface area contributed by atoms with Crippen molar-refractivity contribution < 1.29 is 9.90 Å². The van der Waals surface area contributed by atoms with Gasteiger partial charge < -0.3 is 5.11 Å². The van der Waals surface area contributed by atoms with E-state index in [0.29, 0.717) is 16.9 Å². The summed E-state index contributed by atoms with van der Waals surface area (Å²) in [5.41, 5.74) is 2.23. The molecule has 2 aliphatic rings. The molecule has 0 radical (unpaired) electrons. The predicted molar refractivity (Wildman–Crippen MR) is 98.4 cm³/mol. The van der Waals surface area contributed by atoms with Crippen LogP contribution < -0.4 is 0 Å². The second-order valence-electron chi connectivity index (χ2n) is 7.89. The zero-order valence-electron chi connectivity index (χ0n) is 14.7. The van der Waals surface area contributed by atoms with Gasteiger partial charge in [-0.25, -0.2) is 4.79 Å². The summed E-state index contributed by atoms with van der Waals surface area (Å²) in [6.45, 7) is 4.03. The Bertz CT molecular complexity index is 558. The third-order valence-electron chi connectivity index (χ3n) is 6.62. The summed E-state index contributed by atoms with van der Waals surface area (Å²) < 4.78 is 0. The standard InChI is InChI=1S/C22H30O2/c1-2-14-22(15-4-3-5-16-22)20-12-10-18(11-13-20)17-6-8-19(9-7-17)21(23)24/h2,6-9,18,20H,1,3-5,10-16H2,(H,23,24). The van der Waals surface area contributed by atoms with Crippen LogP contribution in [0.3, 0.4) is 0 Å². The average Bonchev–Trinajstić information content (AvgIpc) is 2.63. The Labute approximate surface area is 146 Å². The third-order valence-corrected chi connectivity index (χ3v) is 6.62. The summed E-state index contributed by atoms with van der Waals surface area (Å²) in [6, 6.07) is 7.55. The molecule has 130 valence electrons. The smallest absolute Gasteiger partial charge is 0.335 e. The Morgan fingerprint density at radius 3 is 2.25 bits per heavy atom. The minimum atomic E-state index is -0.839. The fourth-order valence-electron chi connectivity index (χ4n) is 5.26. The van der Waals surface area contributed by atoms with Crippen molar-refractivity contribution in [1.82, 2.24) is 0 Å². The van der Waals surface area contributed by atoms with Gasteiger partial charge in [0.15, 0.2) is 0 Å². The zero-order valence-corrected chi connectivity index (χ0v) is 14.7. The number of hydrogen-bond donors (Lipinski definition) is 1. The third kappa shape index (κ3) is 3.58. The number of carboxylic acid groups (broad SMARTS) is 1. The summed E-state index contributed by atoms with van der Waals surface area (Å²) in [7, 11) is 0. The van der Waals surface area contributed by atoms with E-state index < -0.39 is 5.97 Å². The molecule has 1 aromatic carbocycles. The van der Waals surface area contributed by atoms with Crippen LogP contribution in [0.5, 0.6) is 0 Å². The lowest BCUT2D eigenvalue weighted by molar-refractivity contribution is 0.0657. The van der Waals surface area contributed by atoms with Crippen molar-refractivity contribution >= 4 is 5.97 Å². The van der Waals surface area contributed by atoms with Gasteiger partial charge in [0.05, 0.1) is 5.56 Å². The molecule has 2 fully saturated rings. The van der Waals surface area contributed by atoms with Crippen LogP contribution in [0.4, 0.5) is 0 Å². The number of carbonyl (C=O) groups is 1. The van der Waals surface area contributed by atoms with Gasteiger partial charge >= 0.3 is 5.97 Å². The summed E-state index contributed by atoms with van der Waals surface area (Å²) in [5.74, 6) is 0.618. The molecule has 0 atom stereocenters. The lowest BCUT2D eigenvalue weighted by Gasteiger charge is -2.46. The maximum Gasteiger partial charge on any atom is 0.335 e. The van der Waals surface area contributed by atoms with Gasteiger partial charge in [-0.15, -0.1) is 6.58 Å². The summed E-state index contributed by atoms with van der Waals surface area (Å²) in [4.78, 5) is 11.0. The molecule has 0 heterocycles. The molecular weight excluding hydrogens is 296 g/mol. The predicted octanol–water partition coefficient (Wildman–Crippen LogP) is 6.19. The Hall–Kier alpha value is -1.57. The number of rotatable bonds is 5. The van der Waals surface area contributed by atoms with E-state index in [-0.39, 0.29) is 0 Å². The molecule has 3 rings (SSSR count). The fourth-order valence-corrected chi connectivity index (χ4v) is 5.26. The van der Waals surface area contributed by atoms with Crippen LogP contribution in [0.15, 0.2) is 36.9 Å². The van der Waals surface area contributed by atoms with Crippen molar-refractivity contribution in [1.29, 1.82) is 0 Å². The van der Waals surface area contributed by atoms with Crippen molar-refractivity contribution in [2.75, 3.05) is 0 Å². The Morgan fingerprint density at radius 2 is 1.71 bits per heavy atom. The van der Waals surface area contributed by atoms with Crippen LogP contribution in [-0.2, 0) is 0 Å². The second kappa shape index (κ2) is 7.55. The van der Waals surface area contributed by atoms with E-state index in [1.165, 1.54) is 69.8 Å². The van der Waals surface area contributed by atoms with Gasteiger partial charge in [0, 0.05) is 0 Å². The molecular formula is C22H30O2. The van der Waals surface area contributed by atoms with E-state index in [1.807, 2.05) is 12.1 Å². The van der Waals surface area contributed by atoms with E-state index in [1.54, 1.807) is 12.1 Å². The summed E-state index contributed by atoms with van der Waals surface area (Å²) in [6.07, 6.45) is 15.4. The summed E-state index contributed by atoms with van der Waals surface area (Å²) in [5, 5.41) is 9.04. The van der Waals surface area contributed by atoms with Crippen LogP contribution in [-0.4, -0.2) is 11.1 Å². The van der Waals surface area contributed by atoms with E-state index >= 15 is 0 Å². The van der Waals surface area contributed by atoms with Gasteiger partial charge in [0.25, 0.3) is 0 Å². The fraction of sp³-hybridized carbons (Fsp3) is 0.591. The van der Waals surface area contributed by atoms with Crippen LogP contribution in [0, 0.1) is 11.3 Å². The van der Waals surface area contributed by atoms with Crippen LogP contribution in [0.1, 0.15) is 86.0 Å². The van der Waals surface area contributed by atoms with E-state index in [2.05, 4.69) is 12.7 Å². The highest BCUT2D eigenvalue weighted by Crippen LogP contribution is 2.52. The van der Waals surface area contributed by atoms with Crippen molar-refractivity contribution in [2.45, 2.75) is 70.1 Å². The number of carboxylic acids is 1. The molecule has 24 heavy (non-hydrogen) atoms. The van der Waals surface area contributed by atoms with Crippen LogP contribution >= 0.6 is 0 Å². The molecule has 2 heteroatoms. The van der Waals surface area contributed by atoms with Gasteiger partial charge in [-0.3, -0.25) is 0 Å². The SMILES string of the molecule is C=CCC1(C2CCC(c3ccc(C(=O)O)cc3)CC2)CCCCC1. The van der Waals surface area contributed by atoms with Crippen molar-refractivity contribution in [3.05, 3.63) is 48.0 Å². The van der Waals surface area contributed by atoms with Crippen molar-refractivity contribution in [3.63, 3.8) is 0 Å². The maximum absolute atomic E-state index is 11.0. The van der Waals surface area contributed by atoms with E-state index in [4.69, 9.17) is 5.11 Å². The highest BCUT2D eigenvalue weighted by atomic mass is 16.4. The molecule has 1 N–H and O–H groups in total.